The van der Waals surface area contributed by atoms with Gasteiger partial charge in [-0.15, -0.1) is 11.3 Å². The monoisotopic (exact) mass is 308 g/mol. The van der Waals surface area contributed by atoms with Gasteiger partial charge in [0.1, 0.15) is 0 Å². The highest BCUT2D eigenvalue weighted by Crippen LogP contribution is 2.30. The van der Waals surface area contributed by atoms with Crippen LogP contribution in [0.1, 0.15) is 38.1 Å². The van der Waals surface area contributed by atoms with Crippen molar-refractivity contribution in [1.82, 2.24) is 9.97 Å². The molecule has 0 aliphatic heterocycles. The maximum atomic E-state index is 13.9. The lowest BCUT2D eigenvalue weighted by Crippen LogP contribution is -2.18. The summed E-state index contributed by atoms with van der Waals surface area (Å²) in [4.78, 5) is 9.37. The summed E-state index contributed by atoms with van der Waals surface area (Å²) in [5, 5.41) is 8.31. The van der Waals surface area contributed by atoms with Crippen molar-refractivity contribution in [1.29, 1.82) is 0 Å². The van der Waals surface area contributed by atoms with Gasteiger partial charge in [-0.1, -0.05) is 26.8 Å². The number of anilines is 2. The number of nitrogens with one attached hydrogen (secondary N) is 2. The minimum absolute atomic E-state index is 0.0356. The molecule has 0 bridgehead atoms. The van der Waals surface area contributed by atoms with Crippen LogP contribution in [-0.4, -0.2) is 16.5 Å². The van der Waals surface area contributed by atoms with Gasteiger partial charge in [-0.3, -0.25) is 0 Å². The molecule has 1 unspecified atom stereocenters. The second kappa shape index (κ2) is 7.36. The standard InChI is InChI=1S/C15H21FN4S/c1-4-7-17-15-18-9-11(16)14(20-15)19-13(10(2)3)12-6-5-8-21-12/h5-6,8-10,13H,4,7H2,1-3H3,(H2,17,18,19,20). The first kappa shape index (κ1) is 15.7. The van der Waals surface area contributed by atoms with E-state index in [2.05, 4.69) is 47.4 Å². The molecule has 2 N–H and O–H groups in total. The van der Waals surface area contributed by atoms with Gasteiger partial charge < -0.3 is 10.6 Å². The van der Waals surface area contributed by atoms with Gasteiger partial charge in [0, 0.05) is 11.4 Å². The molecule has 0 saturated heterocycles. The molecule has 21 heavy (non-hydrogen) atoms. The molecule has 0 aliphatic rings. The quantitative estimate of drug-likeness (QED) is 0.800. The fourth-order valence-electron chi connectivity index (χ4n) is 1.97. The maximum Gasteiger partial charge on any atom is 0.224 e. The van der Waals surface area contributed by atoms with Gasteiger partial charge in [-0.2, -0.15) is 4.98 Å². The van der Waals surface area contributed by atoms with Crippen molar-refractivity contribution in [3.8, 4) is 0 Å². The van der Waals surface area contributed by atoms with Gasteiger partial charge in [0.2, 0.25) is 5.95 Å². The van der Waals surface area contributed by atoms with Crippen LogP contribution >= 0.6 is 11.3 Å². The van der Waals surface area contributed by atoms with Crippen molar-refractivity contribution < 1.29 is 4.39 Å². The number of halogens is 1. The van der Waals surface area contributed by atoms with Crippen LogP contribution in [0.3, 0.4) is 0 Å². The summed E-state index contributed by atoms with van der Waals surface area (Å²) in [6, 6.07) is 4.09. The first-order chi connectivity index (χ1) is 10.1. The zero-order valence-corrected chi connectivity index (χ0v) is 13.4. The van der Waals surface area contributed by atoms with E-state index >= 15 is 0 Å². The first-order valence-corrected chi connectivity index (χ1v) is 8.06. The smallest absolute Gasteiger partial charge is 0.224 e. The highest BCUT2D eigenvalue weighted by molar-refractivity contribution is 7.10. The Labute approximate surface area is 128 Å². The Morgan fingerprint density at radius 1 is 1.38 bits per heavy atom. The van der Waals surface area contributed by atoms with Crippen molar-refractivity contribution in [2.24, 2.45) is 5.92 Å². The van der Waals surface area contributed by atoms with Gasteiger partial charge in [-0.25, -0.2) is 9.37 Å². The van der Waals surface area contributed by atoms with Crippen molar-refractivity contribution in [3.63, 3.8) is 0 Å². The summed E-state index contributed by atoms with van der Waals surface area (Å²) in [6.07, 6.45) is 2.17. The average molecular weight is 308 g/mol. The minimum atomic E-state index is -0.431. The molecule has 0 fully saturated rings. The molecular formula is C15H21FN4S. The van der Waals surface area contributed by atoms with E-state index in [9.17, 15) is 4.39 Å². The van der Waals surface area contributed by atoms with E-state index in [0.29, 0.717) is 11.9 Å². The number of rotatable bonds is 7. The topological polar surface area (TPSA) is 49.8 Å². The highest BCUT2D eigenvalue weighted by Gasteiger charge is 2.19. The van der Waals surface area contributed by atoms with Crippen molar-refractivity contribution >= 4 is 23.1 Å². The first-order valence-electron chi connectivity index (χ1n) is 7.18. The van der Waals surface area contributed by atoms with Crippen molar-refractivity contribution in [2.45, 2.75) is 33.2 Å². The normalized spacial score (nSPS) is 12.4. The zero-order valence-electron chi connectivity index (χ0n) is 12.6. The lowest BCUT2D eigenvalue weighted by molar-refractivity contribution is 0.542. The average Bonchev–Trinajstić information content (AvgIpc) is 2.98. The number of thiophene rings is 1. The predicted molar refractivity (Wildman–Crippen MR) is 86.3 cm³/mol. The summed E-state index contributed by atoms with van der Waals surface area (Å²) in [6.45, 7) is 7.03. The Balaban J connectivity index is 2.20. The van der Waals surface area contributed by atoms with Crippen LogP contribution < -0.4 is 10.6 Å². The molecule has 2 rings (SSSR count). The van der Waals surface area contributed by atoms with E-state index in [4.69, 9.17) is 0 Å². The number of hydrogen-bond donors (Lipinski definition) is 2. The van der Waals surface area contributed by atoms with Gasteiger partial charge in [0.25, 0.3) is 0 Å². The fourth-order valence-corrected chi connectivity index (χ4v) is 2.92. The zero-order chi connectivity index (χ0) is 15.2. The number of nitrogens with zero attached hydrogens (tertiary/aromatic N) is 2. The van der Waals surface area contributed by atoms with Crippen LogP contribution in [0.25, 0.3) is 0 Å². The molecule has 2 aromatic rings. The van der Waals surface area contributed by atoms with E-state index in [0.717, 1.165) is 13.0 Å². The second-order valence-electron chi connectivity index (χ2n) is 5.20. The Morgan fingerprint density at radius 3 is 2.81 bits per heavy atom. The molecule has 0 aromatic carbocycles. The molecule has 0 saturated carbocycles. The van der Waals surface area contributed by atoms with Crippen LogP contribution in [0.4, 0.5) is 16.2 Å². The van der Waals surface area contributed by atoms with Crippen LogP contribution in [0, 0.1) is 11.7 Å². The summed E-state index contributed by atoms with van der Waals surface area (Å²) >= 11 is 1.66. The summed E-state index contributed by atoms with van der Waals surface area (Å²) in [7, 11) is 0. The van der Waals surface area contributed by atoms with Crippen LogP contribution in [0.2, 0.25) is 0 Å². The van der Waals surface area contributed by atoms with E-state index < -0.39 is 5.82 Å². The molecule has 0 radical (unpaired) electrons. The second-order valence-corrected chi connectivity index (χ2v) is 6.18. The maximum absolute atomic E-state index is 13.9. The Bertz CT molecular complexity index is 557. The van der Waals surface area contributed by atoms with Crippen LogP contribution in [0.15, 0.2) is 23.7 Å². The number of hydrogen-bond acceptors (Lipinski definition) is 5. The Kier molecular flexibility index (Phi) is 5.50. The molecule has 2 heterocycles. The minimum Gasteiger partial charge on any atom is -0.360 e. The van der Waals surface area contributed by atoms with Gasteiger partial charge in [-0.05, 0) is 23.8 Å². The van der Waals surface area contributed by atoms with Crippen LogP contribution in [-0.2, 0) is 0 Å². The van der Waals surface area contributed by atoms with Crippen molar-refractivity contribution in [2.75, 3.05) is 17.2 Å². The predicted octanol–water partition coefficient (Wildman–Crippen LogP) is 4.31. The third-order valence-corrected chi connectivity index (χ3v) is 4.04. The molecule has 0 amide bonds. The van der Waals surface area contributed by atoms with E-state index in [1.807, 2.05) is 11.4 Å². The van der Waals surface area contributed by atoms with E-state index in [-0.39, 0.29) is 11.9 Å². The molecule has 1 atom stereocenters. The van der Waals surface area contributed by atoms with E-state index in [1.165, 1.54) is 11.1 Å². The molecule has 2 aromatic heterocycles. The lowest BCUT2D eigenvalue weighted by Gasteiger charge is -2.22. The summed E-state index contributed by atoms with van der Waals surface area (Å²) in [5.41, 5.74) is 0. The molecule has 0 aliphatic carbocycles. The van der Waals surface area contributed by atoms with Crippen LogP contribution in [0.5, 0.6) is 0 Å². The Morgan fingerprint density at radius 2 is 2.19 bits per heavy atom. The Hall–Kier alpha value is -1.69. The number of aromatic nitrogens is 2. The van der Waals surface area contributed by atoms with Gasteiger partial charge >= 0.3 is 0 Å². The summed E-state index contributed by atoms with van der Waals surface area (Å²) in [5.74, 6) is 0.592. The SMILES string of the molecule is CCCNc1ncc(F)c(NC(c2cccs2)C(C)C)n1. The largest absolute Gasteiger partial charge is 0.360 e. The molecule has 0 spiro atoms. The third-order valence-electron chi connectivity index (χ3n) is 3.09. The highest BCUT2D eigenvalue weighted by atomic mass is 32.1. The van der Waals surface area contributed by atoms with Crippen molar-refractivity contribution in [3.05, 3.63) is 34.4 Å². The van der Waals surface area contributed by atoms with Gasteiger partial charge in [0.15, 0.2) is 11.6 Å². The van der Waals surface area contributed by atoms with E-state index in [1.54, 1.807) is 11.3 Å². The third kappa shape index (κ3) is 4.14. The lowest BCUT2D eigenvalue weighted by atomic mass is 10.0. The molecule has 6 heteroatoms. The molecule has 4 nitrogen and oxygen atoms in total. The molecule has 114 valence electrons. The molecular weight excluding hydrogens is 287 g/mol. The fraction of sp³-hybridized carbons (Fsp3) is 0.467. The summed E-state index contributed by atoms with van der Waals surface area (Å²) < 4.78 is 13.9. The van der Waals surface area contributed by atoms with Gasteiger partial charge in [0.05, 0.1) is 12.2 Å².